The molecule has 2 N–H and O–H groups in total. The molecule has 0 rings (SSSR count). The van der Waals surface area contributed by atoms with Gasteiger partial charge in [-0.15, -0.1) is 0 Å². The minimum absolute atomic E-state index is 0.228. The summed E-state index contributed by atoms with van der Waals surface area (Å²) in [5, 5.41) is 12.2. The molecule has 0 saturated carbocycles. The van der Waals surface area contributed by atoms with E-state index in [4.69, 9.17) is 5.11 Å². The fourth-order valence-corrected chi connectivity index (χ4v) is 1.70. The molecule has 0 spiro atoms. The molecule has 0 aromatic heterocycles. The van der Waals surface area contributed by atoms with Gasteiger partial charge in [-0.25, -0.2) is 0 Å². The summed E-state index contributed by atoms with van der Waals surface area (Å²) in [4.78, 5) is 4.67. The van der Waals surface area contributed by atoms with Gasteiger partial charge in [0.25, 0.3) is 0 Å². The molecule has 0 saturated heterocycles. The molecule has 0 bridgehead atoms. The highest BCUT2D eigenvalue weighted by molar-refractivity contribution is 4.66. The number of nitrogens with zero attached hydrogens (tertiary/aromatic N) is 2. The van der Waals surface area contributed by atoms with Gasteiger partial charge in [-0.05, 0) is 60.2 Å². The Kier molecular flexibility index (Phi) is 9.92. The van der Waals surface area contributed by atoms with Crippen LogP contribution in [0.15, 0.2) is 0 Å². The lowest BCUT2D eigenvalue weighted by atomic mass is 10.2. The Morgan fingerprint density at radius 2 is 1.88 bits per heavy atom. The first-order chi connectivity index (χ1) is 7.63. The van der Waals surface area contributed by atoms with Crippen molar-refractivity contribution in [3.63, 3.8) is 0 Å². The van der Waals surface area contributed by atoms with Gasteiger partial charge in [0.1, 0.15) is 0 Å². The molecule has 0 amide bonds. The molecule has 1 atom stereocenters. The molecule has 0 radical (unpaired) electrons. The zero-order valence-electron chi connectivity index (χ0n) is 11.4. The SMILES string of the molecule is CCN(CCCN(C)C)CCC(CO)NC. The maximum absolute atomic E-state index is 9.07. The number of hydrogen-bond acceptors (Lipinski definition) is 4. The van der Waals surface area contributed by atoms with Crippen LogP contribution in [0.3, 0.4) is 0 Å². The maximum Gasteiger partial charge on any atom is 0.0585 e. The number of rotatable bonds is 10. The number of aliphatic hydroxyl groups is 1. The maximum atomic E-state index is 9.07. The largest absolute Gasteiger partial charge is 0.395 e. The average molecular weight is 231 g/mol. The molecule has 4 nitrogen and oxygen atoms in total. The van der Waals surface area contributed by atoms with Crippen molar-refractivity contribution in [1.82, 2.24) is 15.1 Å². The van der Waals surface area contributed by atoms with Crippen molar-refractivity contribution in [2.75, 3.05) is 53.9 Å². The van der Waals surface area contributed by atoms with Gasteiger partial charge < -0.3 is 20.2 Å². The standard InChI is InChI=1S/C12H29N3O/c1-5-15(9-6-8-14(3)4)10-7-12(11-16)13-2/h12-13,16H,5-11H2,1-4H3. The van der Waals surface area contributed by atoms with Crippen LogP contribution in [0.25, 0.3) is 0 Å². The Morgan fingerprint density at radius 3 is 2.31 bits per heavy atom. The van der Waals surface area contributed by atoms with Crippen LogP contribution in [0.2, 0.25) is 0 Å². The molecule has 16 heavy (non-hydrogen) atoms. The quantitative estimate of drug-likeness (QED) is 0.564. The minimum atomic E-state index is 0.228. The molecule has 0 aromatic carbocycles. The highest BCUT2D eigenvalue weighted by Gasteiger charge is 2.07. The summed E-state index contributed by atoms with van der Waals surface area (Å²) in [6.07, 6.45) is 2.23. The van der Waals surface area contributed by atoms with E-state index in [2.05, 4.69) is 36.1 Å². The second-order valence-corrected chi connectivity index (χ2v) is 4.55. The molecular weight excluding hydrogens is 202 g/mol. The molecule has 0 heterocycles. The van der Waals surface area contributed by atoms with E-state index in [0.717, 1.165) is 32.6 Å². The van der Waals surface area contributed by atoms with Crippen molar-refractivity contribution in [3.8, 4) is 0 Å². The Morgan fingerprint density at radius 1 is 1.19 bits per heavy atom. The Bertz CT molecular complexity index is 149. The van der Waals surface area contributed by atoms with Crippen LogP contribution in [-0.4, -0.2) is 74.9 Å². The van der Waals surface area contributed by atoms with E-state index < -0.39 is 0 Å². The molecule has 1 unspecified atom stereocenters. The van der Waals surface area contributed by atoms with Gasteiger partial charge in [-0.1, -0.05) is 6.92 Å². The summed E-state index contributed by atoms with van der Waals surface area (Å²) >= 11 is 0. The van der Waals surface area contributed by atoms with Crippen molar-refractivity contribution >= 4 is 0 Å². The first kappa shape index (κ1) is 15.8. The summed E-state index contributed by atoms with van der Waals surface area (Å²) in [6.45, 7) is 6.88. The molecule has 98 valence electrons. The van der Waals surface area contributed by atoms with E-state index >= 15 is 0 Å². The van der Waals surface area contributed by atoms with Gasteiger partial charge in [0, 0.05) is 6.04 Å². The third-order valence-electron chi connectivity index (χ3n) is 2.95. The van der Waals surface area contributed by atoms with E-state index in [1.165, 1.54) is 6.42 Å². The summed E-state index contributed by atoms with van der Waals surface area (Å²) in [7, 11) is 6.13. The highest BCUT2D eigenvalue weighted by Crippen LogP contribution is 1.98. The lowest BCUT2D eigenvalue weighted by molar-refractivity contribution is 0.209. The number of hydrogen-bond donors (Lipinski definition) is 2. The Balaban J connectivity index is 3.65. The predicted molar refractivity (Wildman–Crippen MR) is 69.8 cm³/mol. The second-order valence-electron chi connectivity index (χ2n) is 4.55. The normalized spacial score (nSPS) is 13.7. The van der Waals surface area contributed by atoms with Crippen LogP contribution in [0.1, 0.15) is 19.8 Å². The predicted octanol–water partition coefficient (Wildman–Crippen LogP) is 0.230. The third-order valence-corrected chi connectivity index (χ3v) is 2.95. The number of likely N-dealkylation sites (N-methyl/N-ethyl adjacent to an activating group) is 1. The van der Waals surface area contributed by atoms with E-state index in [1.54, 1.807) is 0 Å². The fraction of sp³-hybridized carbons (Fsp3) is 1.00. The monoisotopic (exact) mass is 231 g/mol. The van der Waals surface area contributed by atoms with Gasteiger partial charge >= 0.3 is 0 Å². The fourth-order valence-electron chi connectivity index (χ4n) is 1.70. The first-order valence-electron chi connectivity index (χ1n) is 6.29. The topological polar surface area (TPSA) is 38.7 Å². The van der Waals surface area contributed by atoms with Crippen molar-refractivity contribution in [3.05, 3.63) is 0 Å². The van der Waals surface area contributed by atoms with Gasteiger partial charge in [-0.2, -0.15) is 0 Å². The summed E-state index contributed by atoms with van der Waals surface area (Å²) < 4.78 is 0. The van der Waals surface area contributed by atoms with Gasteiger partial charge in [0.15, 0.2) is 0 Å². The zero-order valence-corrected chi connectivity index (χ0v) is 11.4. The van der Waals surface area contributed by atoms with Gasteiger partial charge in [0.05, 0.1) is 6.61 Å². The molecule has 0 fully saturated rings. The molecule has 0 aliphatic rings. The summed E-state index contributed by atoms with van der Waals surface area (Å²) in [5.74, 6) is 0. The molecular formula is C12H29N3O. The van der Waals surface area contributed by atoms with E-state index in [9.17, 15) is 0 Å². The van der Waals surface area contributed by atoms with Crippen LogP contribution >= 0.6 is 0 Å². The van der Waals surface area contributed by atoms with Crippen molar-refractivity contribution in [2.45, 2.75) is 25.8 Å². The lowest BCUT2D eigenvalue weighted by Crippen LogP contribution is -2.35. The minimum Gasteiger partial charge on any atom is -0.395 e. The van der Waals surface area contributed by atoms with Crippen LogP contribution in [0.4, 0.5) is 0 Å². The number of nitrogens with one attached hydrogen (secondary N) is 1. The van der Waals surface area contributed by atoms with Crippen LogP contribution in [-0.2, 0) is 0 Å². The zero-order chi connectivity index (χ0) is 12.4. The highest BCUT2D eigenvalue weighted by atomic mass is 16.3. The van der Waals surface area contributed by atoms with Crippen molar-refractivity contribution in [1.29, 1.82) is 0 Å². The summed E-state index contributed by atoms with van der Waals surface area (Å²) in [6, 6.07) is 0.239. The van der Waals surface area contributed by atoms with Crippen LogP contribution in [0.5, 0.6) is 0 Å². The third kappa shape index (κ3) is 8.05. The molecule has 4 heteroatoms. The van der Waals surface area contributed by atoms with Crippen molar-refractivity contribution < 1.29 is 5.11 Å². The second kappa shape index (κ2) is 10.0. The Labute approximate surface area is 101 Å². The van der Waals surface area contributed by atoms with Gasteiger partial charge in [0.2, 0.25) is 0 Å². The number of aliphatic hydroxyl groups excluding tert-OH is 1. The molecule has 0 aliphatic carbocycles. The van der Waals surface area contributed by atoms with Crippen LogP contribution < -0.4 is 5.32 Å². The molecule has 0 aromatic rings. The average Bonchev–Trinajstić information content (AvgIpc) is 2.27. The first-order valence-corrected chi connectivity index (χ1v) is 6.29. The summed E-state index contributed by atoms with van der Waals surface area (Å²) in [5.41, 5.74) is 0. The Hall–Kier alpha value is -0.160. The lowest BCUT2D eigenvalue weighted by Gasteiger charge is -2.23. The van der Waals surface area contributed by atoms with E-state index in [1.807, 2.05) is 7.05 Å². The van der Waals surface area contributed by atoms with E-state index in [0.29, 0.717) is 0 Å². The van der Waals surface area contributed by atoms with Gasteiger partial charge in [-0.3, -0.25) is 0 Å². The molecule has 0 aliphatic heterocycles. The van der Waals surface area contributed by atoms with Crippen molar-refractivity contribution in [2.24, 2.45) is 0 Å². The smallest absolute Gasteiger partial charge is 0.0585 e. The van der Waals surface area contributed by atoms with E-state index in [-0.39, 0.29) is 12.6 Å². The van der Waals surface area contributed by atoms with Crippen LogP contribution in [0, 0.1) is 0 Å².